The van der Waals surface area contributed by atoms with Gasteiger partial charge in [-0.05, 0) is 61.4 Å². The van der Waals surface area contributed by atoms with Crippen LogP contribution in [0, 0.1) is 17.4 Å². The van der Waals surface area contributed by atoms with Crippen molar-refractivity contribution in [3.05, 3.63) is 32.8 Å². The van der Waals surface area contributed by atoms with Crippen molar-refractivity contribution < 1.29 is 0 Å². The number of halogens is 1. The number of nitrogen functional groups attached to an aromatic ring is 1. The van der Waals surface area contributed by atoms with Crippen LogP contribution in [0.1, 0.15) is 48.7 Å². The van der Waals surface area contributed by atoms with Gasteiger partial charge in [0.15, 0.2) is 5.82 Å². The van der Waals surface area contributed by atoms with Crippen molar-refractivity contribution in [3.8, 4) is 11.4 Å². The van der Waals surface area contributed by atoms with E-state index in [4.69, 9.17) is 10.7 Å². The monoisotopic (exact) mass is 394 g/mol. The van der Waals surface area contributed by atoms with Crippen LogP contribution in [-0.4, -0.2) is 15.0 Å². The van der Waals surface area contributed by atoms with Gasteiger partial charge >= 0.3 is 0 Å². The predicted octanol–water partition coefficient (Wildman–Crippen LogP) is 4.00. The Morgan fingerprint density at radius 2 is 1.67 bits per heavy atom. The first kappa shape index (κ1) is 14.7. The highest BCUT2D eigenvalue weighted by atomic mass is 127. The molecule has 1 saturated carbocycles. The lowest BCUT2D eigenvalue weighted by Gasteiger charge is -2.14. The van der Waals surface area contributed by atoms with Crippen LogP contribution in [0.25, 0.3) is 11.4 Å². The van der Waals surface area contributed by atoms with Crippen LogP contribution in [-0.2, 0) is 0 Å². The number of rotatable bonds is 2. The Morgan fingerprint density at radius 3 is 2.29 bits per heavy atom. The topological polar surface area (TPSA) is 64.7 Å². The zero-order chi connectivity index (χ0) is 15.0. The molecule has 0 spiro atoms. The molecule has 0 aromatic carbocycles. The lowest BCUT2D eigenvalue weighted by molar-refractivity contribution is 0.691. The fourth-order valence-corrected chi connectivity index (χ4v) is 3.73. The molecule has 0 bridgehead atoms. The number of nitrogens with two attached hydrogens (primary N) is 1. The summed E-state index contributed by atoms with van der Waals surface area (Å²) in [6, 6.07) is 4.04. The van der Waals surface area contributed by atoms with Gasteiger partial charge < -0.3 is 5.73 Å². The van der Waals surface area contributed by atoms with Crippen LogP contribution in [0.3, 0.4) is 0 Å². The van der Waals surface area contributed by atoms with Crippen LogP contribution < -0.4 is 5.73 Å². The van der Waals surface area contributed by atoms with Gasteiger partial charge in [0.05, 0.1) is 9.26 Å². The van der Waals surface area contributed by atoms with Crippen molar-refractivity contribution in [1.29, 1.82) is 0 Å². The highest BCUT2D eigenvalue weighted by Crippen LogP contribution is 2.37. The fourth-order valence-electron chi connectivity index (χ4n) is 3.04. The number of aryl methyl sites for hydroxylation is 2. The summed E-state index contributed by atoms with van der Waals surface area (Å²) in [7, 11) is 0. The maximum atomic E-state index is 6.13. The third-order valence-electron chi connectivity index (χ3n) is 3.98. The van der Waals surface area contributed by atoms with E-state index in [1.165, 1.54) is 25.7 Å². The lowest BCUT2D eigenvalue weighted by Crippen LogP contribution is -2.08. The number of anilines is 1. The van der Waals surface area contributed by atoms with Gasteiger partial charge in [-0.1, -0.05) is 12.8 Å². The number of pyridine rings is 1. The SMILES string of the molecule is Cc1cc(-c2nc(N)c(I)c(C3CCCC3)n2)cc(C)n1. The van der Waals surface area contributed by atoms with Crippen molar-refractivity contribution in [2.75, 3.05) is 5.73 Å². The Hall–Kier alpha value is -1.24. The van der Waals surface area contributed by atoms with E-state index in [1.807, 2.05) is 26.0 Å². The van der Waals surface area contributed by atoms with Crippen LogP contribution in [0.5, 0.6) is 0 Å². The minimum absolute atomic E-state index is 0.532. The molecule has 2 heterocycles. The molecule has 4 nitrogen and oxygen atoms in total. The van der Waals surface area contributed by atoms with Crippen LogP contribution >= 0.6 is 22.6 Å². The highest BCUT2D eigenvalue weighted by molar-refractivity contribution is 14.1. The van der Waals surface area contributed by atoms with Gasteiger partial charge in [-0.15, -0.1) is 0 Å². The molecule has 2 N–H and O–H groups in total. The van der Waals surface area contributed by atoms with Crippen molar-refractivity contribution in [3.63, 3.8) is 0 Å². The Morgan fingerprint density at radius 1 is 1.05 bits per heavy atom. The molecule has 1 fully saturated rings. The number of aromatic nitrogens is 3. The van der Waals surface area contributed by atoms with Gasteiger partial charge in [0.25, 0.3) is 0 Å². The molecule has 0 amide bonds. The van der Waals surface area contributed by atoms with Crippen molar-refractivity contribution in [2.24, 2.45) is 0 Å². The first-order valence-electron chi connectivity index (χ1n) is 7.33. The third kappa shape index (κ3) is 3.02. The minimum atomic E-state index is 0.532. The van der Waals surface area contributed by atoms with E-state index < -0.39 is 0 Å². The summed E-state index contributed by atoms with van der Waals surface area (Å²) in [5, 5.41) is 0. The summed E-state index contributed by atoms with van der Waals surface area (Å²) in [5.41, 5.74) is 10.2. The summed E-state index contributed by atoms with van der Waals surface area (Å²) in [4.78, 5) is 13.7. The molecule has 2 aromatic heterocycles. The zero-order valence-corrected chi connectivity index (χ0v) is 14.5. The van der Waals surface area contributed by atoms with Gasteiger partial charge in [0.1, 0.15) is 5.82 Å². The van der Waals surface area contributed by atoms with Gasteiger partial charge in [-0.25, -0.2) is 9.97 Å². The standard InChI is InChI=1S/C16H19IN4/c1-9-7-12(8-10(2)19-9)16-20-14(11-5-3-4-6-11)13(17)15(18)21-16/h7-8,11H,3-6H2,1-2H3,(H2,18,20,21). The molecule has 110 valence electrons. The zero-order valence-electron chi connectivity index (χ0n) is 12.4. The summed E-state index contributed by atoms with van der Waals surface area (Å²) in [6.45, 7) is 3.98. The Kier molecular flexibility index (Phi) is 4.10. The smallest absolute Gasteiger partial charge is 0.161 e. The second kappa shape index (κ2) is 5.87. The lowest BCUT2D eigenvalue weighted by atomic mass is 10.0. The largest absolute Gasteiger partial charge is 0.383 e. The Balaban J connectivity index is 2.10. The number of nitrogens with zero attached hydrogens (tertiary/aromatic N) is 3. The van der Waals surface area contributed by atoms with Crippen molar-refractivity contribution in [1.82, 2.24) is 15.0 Å². The van der Waals surface area contributed by atoms with E-state index in [0.29, 0.717) is 11.7 Å². The Labute approximate surface area is 138 Å². The maximum absolute atomic E-state index is 6.13. The summed E-state index contributed by atoms with van der Waals surface area (Å²) >= 11 is 2.28. The molecule has 0 aliphatic heterocycles. The van der Waals surface area contributed by atoms with E-state index in [0.717, 1.165) is 32.0 Å². The Bertz CT molecular complexity index is 658. The van der Waals surface area contributed by atoms with E-state index in [-0.39, 0.29) is 0 Å². The van der Waals surface area contributed by atoms with Crippen LogP contribution in [0.2, 0.25) is 0 Å². The normalized spacial score (nSPS) is 15.6. The molecule has 3 rings (SSSR count). The molecule has 1 aliphatic carbocycles. The second-order valence-electron chi connectivity index (χ2n) is 5.75. The maximum Gasteiger partial charge on any atom is 0.161 e. The molecule has 1 aliphatic rings. The van der Waals surface area contributed by atoms with Gasteiger partial charge in [0.2, 0.25) is 0 Å². The van der Waals surface area contributed by atoms with E-state index in [2.05, 4.69) is 32.6 Å². The first-order chi connectivity index (χ1) is 10.0. The van der Waals surface area contributed by atoms with Gasteiger partial charge in [0, 0.05) is 22.9 Å². The fraction of sp³-hybridized carbons (Fsp3) is 0.438. The highest BCUT2D eigenvalue weighted by Gasteiger charge is 2.23. The minimum Gasteiger partial charge on any atom is -0.383 e. The molecule has 0 unspecified atom stereocenters. The molecule has 0 radical (unpaired) electrons. The predicted molar refractivity (Wildman–Crippen MR) is 93.1 cm³/mol. The molecule has 5 heteroatoms. The molecular formula is C16H19IN4. The quantitative estimate of drug-likeness (QED) is 0.783. The summed E-state index contributed by atoms with van der Waals surface area (Å²) in [5.74, 6) is 1.85. The summed E-state index contributed by atoms with van der Waals surface area (Å²) in [6.07, 6.45) is 4.99. The van der Waals surface area contributed by atoms with E-state index in [1.54, 1.807) is 0 Å². The number of hydrogen-bond acceptors (Lipinski definition) is 4. The third-order valence-corrected chi connectivity index (χ3v) is 5.09. The molecule has 21 heavy (non-hydrogen) atoms. The first-order valence-corrected chi connectivity index (χ1v) is 8.41. The molecule has 0 atom stereocenters. The molecule has 2 aromatic rings. The van der Waals surface area contributed by atoms with Crippen molar-refractivity contribution in [2.45, 2.75) is 45.4 Å². The molecular weight excluding hydrogens is 375 g/mol. The second-order valence-corrected chi connectivity index (χ2v) is 6.83. The summed E-state index contributed by atoms with van der Waals surface area (Å²) < 4.78 is 1.02. The van der Waals surface area contributed by atoms with E-state index >= 15 is 0 Å². The molecule has 0 saturated heterocycles. The number of hydrogen-bond donors (Lipinski definition) is 1. The van der Waals surface area contributed by atoms with Crippen LogP contribution in [0.4, 0.5) is 5.82 Å². The van der Waals surface area contributed by atoms with Gasteiger partial charge in [-0.2, -0.15) is 0 Å². The average Bonchev–Trinajstić information content (AvgIpc) is 2.94. The van der Waals surface area contributed by atoms with E-state index in [9.17, 15) is 0 Å². The average molecular weight is 394 g/mol. The van der Waals surface area contributed by atoms with Crippen molar-refractivity contribution >= 4 is 28.4 Å². The van der Waals surface area contributed by atoms with Crippen LogP contribution in [0.15, 0.2) is 12.1 Å². The van der Waals surface area contributed by atoms with Gasteiger partial charge in [-0.3, -0.25) is 4.98 Å².